The zero-order valence-electron chi connectivity index (χ0n) is 18.0. The number of benzene rings is 2. The predicted octanol–water partition coefficient (Wildman–Crippen LogP) is 5.61. The average molecular weight is 396 g/mol. The van der Waals surface area contributed by atoms with Crippen molar-refractivity contribution < 1.29 is 14.3 Å². The van der Waals surface area contributed by atoms with E-state index in [-0.39, 0.29) is 17.6 Å². The summed E-state index contributed by atoms with van der Waals surface area (Å²) in [5, 5.41) is 3.25. The number of carbonyl (C=O) groups excluding carboxylic acids is 1. The van der Waals surface area contributed by atoms with E-state index in [1.54, 1.807) is 0 Å². The molecule has 1 aliphatic heterocycles. The summed E-state index contributed by atoms with van der Waals surface area (Å²) in [7, 11) is 0. The van der Waals surface area contributed by atoms with Gasteiger partial charge >= 0.3 is 0 Å². The topological polar surface area (TPSA) is 47.6 Å². The number of aryl methyl sites for hydroxylation is 1. The maximum Gasteiger partial charge on any atom is 0.261 e. The summed E-state index contributed by atoms with van der Waals surface area (Å²) >= 11 is 0. The Labute approximate surface area is 174 Å². The van der Waals surface area contributed by atoms with Crippen LogP contribution >= 0.6 is 0 Å². The maximum absolute atomic E-state index is 13.1. The van der Waals surface area contributed by atoms with Gasteiger partial charge in [0.1, 0.15) is 17.1 Å². The highest BCUT2D eigenvalue weighted by atomic mass is 16.5. The number of fused-ring (bicyclic) bond motifs is 1. The third-order valence-electron chi connectivity index (χ3n) is 6.08. The quantitative estimate of drug-likeness (QED) is 0.632. The van der Waals surface area contributed by atoms with Crippen LogP contribution in [-0.4, -0.2) is 17.6 Å². The highest BCUT2D eigenvalue weighted by Gasteiger charge is 2.39. The van der Waals surface area contributed by atoms with Crippen LogP contribution in [-0.2, 0) is 11.2 Å². The number of carbonyl (C=O) groups is 1. The van der Waals surface area contributed by atoms with E-state index < -0.39 is 6.10 Å². The molecular weight excluding hydrogens is 362 g/mol. The van der Waals surface area contributed by atoms with E-state index in [0.29, 0.717) is 6.42 Å². The summed E-state index contributed by atoms with van der Waals surface area (Å²) < 4.78 is 12.4. The van der Waals surface area contributed by atoms with Gasteiger partial charge in [0.05, 0.1) is 6.04 Å². The minimum Gasteiger partial charge on any atom is -0.487 e. The molecule has 0 bridgehead atoms. The minimum absolute atomic E-state index is 0.0742. The summed E-state index contributed by atoms with van der Waals surface area (Å²) in [6.45, 7) is 8.39. The van der Waals surface area contributed by atoms with Crippen molar-refractivity contribution in [2.45, 2.75) is 77.5 Å². The summed E-state index contributed by atoms with van der Waals surface area (Å²) in [5.41, 5.74) is 2.05. The second-order valence-corrected chi connectivity index (χ2v) is 7.81. The highest BCUT2D eigenvalue weighted by Crippen LogP contribution is 2.42. The molecular formula is C25H33NO3. The number of para-hydroxylation sites is 1. The summed E-state index contributed by atoms with van der Waals surface area (Å²) in [6, 6.07) is 15.9. The number of ether oxygens (including phenoxy) is 2. The third-order valence-corrected chi connectivity index (χ3v) is 6.08. The summed E-state index contributed by atoms with van der Waals surface area (Å²) in [6.07, 6.45) is 3.65. The second-order valence-electron chi connectivity index (χ2n) is 7.81. The summed E-state index contributed by atoms with van der Waals surface area (Å²) in [5.74, 6) is 1.53. The minimum atomic E-state index is -0.518. The molecule has 156 valence electrons. The number of hydrogen-bond acceptors (Lipinski definition) is 3. The van der Waals surface area contributed by atoms with Gasteiger partial charge in [-0.15, -0.1) is 0 Å². The van der Waals surface area contributed by atoms with Gasteiger partial charge in [0.2, 0.25) is 0 Å². The SMILES string of the molecule is CCc1ccc(O[C@@H](CC)C(=O)N[C@@H]2CC(CC)(CC)Oc3ccccc32)cc1. The zero-order chi connectivity index (χ0) is 20.9. The molecule has 4 nitrogen and oxygen atoms in total. The van der Waals surface area contributed by atoms with Crippen molar-refractivity contribution in [2.24, 2.45) is 0 Å². The van der Waals surface area contributed by atoms with E-state index in [2.05, 4.69) is 26.1 Å². The number of nitrogens with one attached hydrogen (secondary N) is 1. The fourth-order valence-corrected chi connectivity index (χ4v) is 3.98. The van der Waals surface area contributed by atoms with Crippen molar-refractivity contribution >= 4 is 5.91 Å². The number of rotatable bonds is 8. The molecule has 29 heavy (non-hydrogen) atoms. The molecule has 0 aliphatic carbocycles. The van der Waals surface area contributed by atoms with Gasteiger partial charge < -0.3 is 14.8 Å². The van der Waals surface area contributed by atoms with E-state index in [1.807, 2.05) is 55.5 Å². The molecule has 0 aromatic heterocycles. The molecule has 1 amide bonds. The molecule has 4 heteroatoms. The molecule has 1 heterocycles. The molecule has 3 rings (SSSR count). The molecule has 0 saturated carbocycles. The fourth-order valence-electron chi connectivity index (χ4n) is 3.98. The lowest BCUT2D eigenvalue weighted by atomic mass is 9.83. The maximum atomic E-state index is 13.1. The summed E-state index contributed by atoms with van der Waals surface area (Å²) in [4.78, 5) is 13.1. The monoisotopic (exact) mass is 395 g/mol. The van der Waals surface area contributed by atoms with Gasteiger partial charge in [-0.05, 0) is 49.4 Å². The van der Waals surface area contributed by atoms with Crippen LogP contribution in [0.5, 0.6) is 11.5 Å². The molecule has 1 N–H and O–H groups in total. The van der Waals surface area contributed by atoms with Crippen LogP contribution in [0, 0.1) is 0 Å². The second kappa shape index (κ2) is 9.34. The van der Waals surface area contributed by atoms with Gasteiger partial charge in [0, 0.05) is 12.0 Å². The smallest absolute Gasteiger partial charge is 0.261 e. The molecule has 2 aromatic carbocycles. The van der Waals surface area contributed by atoms with Crippen molar-refractivity contribution in [3.8, 4) is 11.5 Å². The Morgan fingerprint density at radius 2 is 1.79 bits per heavy atom. The molecule has 0 unspecified atom stereocenters. The first-order valence-corrected chi connectivity index (χ1v) is 10.9. The van der Waals surface area contributed by atoms with E-state index in [0.717, 1.165) is 42.7 Å². The lowest BCUT2D eigenvalue weighted by Gasteiger charge is -2.42. The Kier molecular flexibility index (Phi) is 6.83. The molecule has 0 radical (unpaired) electrons. The Hall–Kier alpha value is -2.49. The van der Waals surface area contributed by atoms with E-state index in [4.69, 9.17) is 9.47 Å². The molecule has 0 spiro atoms. The van der Waals surface area contributed by atoms with Crippen LogP contribution in [0.4, 0.5) is 0 Å². The van der Waals surface area contributed by atoms with Crippen molar-refractivity contribution in [1.82, 2.24) is 5.32 Å². The predicted molar refractivity (Wildman–Crippen MR) is 116 cm³/mol. The first kappa shape index (κ1) is 21.2. The zero-order valence-corrected chi connectivity index (χ0v) is 18.0. The standard InChI is InChI=1S/C25H33NO3/c1-5-18-13-15-19(16-14-18)28-22(6-2)24(27)26-21-17-25(7-3,8-4)29-23-12-10-9-11-20(21)23/h9-16,21-22H,5-8,17H2,1-4H3,(H,26,27)/t21-,22+/m1/s1. The molecule has 0 saturated heterocycles. The average Bonchev–Trinajstić information content (AvgIpc) is 2.77. The molecule has 2 aromatic rings. The van der Waals surface area contributed by atoms with Crippen LogP contribution in [0.3, 0.4) is 0 Å². The van der Waals surface area contributed by atoms with Crippen molar-refractivity contribution in [2.75, 3.05) is 0 Å². The van der Waals surface area contributed by atoms with E-state index in [9.17, 15) is 4.79 Å². The van der Waals surface area contributed by atoms with Gasteiger partial charge in [-0.2, -0.15) is 0 Å². The van der Waals surface area contributed by atoms with E-state index in [1.165, 1.54) is 5.56 Å². The first-order chi connectivity index (χ1) is 14.0. The van der Waals surface area contributed by atoms with Crippen molar-refractivity contribution in [3.05, 3.63) is 59.7 Å². The normalized spacial score (nSPS) is 18.3. The van der Waals surface area contributed by atoms with Crippen LogP contribution in [0.1, 0.15) is 70.5 Å². The number of hydrogen-bond donors (Lipinski definition) is 1. The van der Waals surface area contributed by atoms with Crippen LogP contribution in [0.15, 0.2) is 48.5 Å². The Morgan fingerprint density at radius 3 is 2.41 bits per heavy atom. The van der Waals surface area contributed by atoms with Crippen LogP contribution in [0.2, 0.25) is 0 Å². The Balaban J connectivity index is 1.76. The molecule has 2 atom stereocenters. The molecule has 1 aliphatic rings. The lowest BCUT2D eigenvalue weighted by molar-refractivity contribution is -0.129. The van der Waals surface area contributed by atoms with Gasteiger partial charge in [-0.1, -0.05) is 58.0 Å². The van der Waals surface area contributed by atoms with Gasteiger partial charge in [-0.3, -0.25) is 4.79 Å². The van der Waals surface area contributed by atoms with Crippen LogP contribution < -0.4 is 14.8 Å². The van der Waals surface area contributed by atoms with Crippen molar-refractivity contribution in [1.29, 1.82) is 0 Å². The van der Waals surface area contributed by atoms with Gasteiger partial charge in [0.25, 0.3) is 5.91 Å². The largest absolute Gasteiger partial charge is 0.487 e. The fraction of sp³-hybridized carbons (Fsp3) is 0.480. The van der Waals surface area contributed by atoms with Gasteiger partial charge in [-0.25, -0.2) is 0 Å². The highest BCUT2D eigenvalue weighted by molar-refractivity contribution is 5.81. The third kappa shape index (κ3) is 4.75. The van der Waals surface area contributed by atoms with Crippen LogP contribution in [0.25, 0.3) is 0 Å². The van der Waals surface area contributed by atoms with Gasteiger partial charge in [0.15, 0.2) is 6.10 Å². The lowest BCUT2D eigenvalue weighted by Crippen LogP contribution is -2.47. The van der Waals surface area contributed by atoms with E-state index >= 15 is 0 Å². The Morgan fingerprint density at radius 1 is 1.10 bits per heavy atom. The van der Waals surface area contributed by atoms with Crippen molar-refractivity contribution in [3.63, 3.8) is 0 Å². The first-order valence-electron chi connectivity index (χ1n) is 10.9. The Bertz CT molecular complexity index is 811. The molecule has 0 fully saturated rings. The number of amides is 1.